The van der Waals surface area contributed by atoms with Crippen molar-refractivity contribution in [3.8, 4) is 0 Å². The maximum Gasteiger partial charge on any atom is 0.416 e. The zero-order valence-corrected chi connectivity index (χ0v) is 15.9. The molecule has 0 unspecified atom stereocenters. The molecule has 2 aromatic carbocycles. The zero-order valence-electron chi connectivity index (χ0n) is 15.1. The standard InChI is InChI=1S/C21H21F3N2O.ClH/c22-21(23,24)16-3-1-2-15(10-16)20(27)26-17-8-6-14(7-9-17)18-11-19(18)25-12-13-4-5-13;/h1-3,6-10,13,18-19,25H,4-5,11-12H2,(H,26,27);1H/t18-,19+;/m0./s1. The fraction of sp³-hybridized carbons (Fsp3) is 0.381. The van der Waals surface area contributed by atoms with Crippen molar-refractivity contribution in [3.63, 3.8) is 0 Å². The van der Waals surface area contributed by atoms with Crippen LogP contribution in [0.25, 0.3) is 0 Å². The van der Waals surface area contributed by atoms with Gasteiger partial charge in [-0.1, -0.05) is 18.2 Å². The first-order valence-corrected chi connectivity index (χ1v) is 9.22. The van der Waals surface area contributed by atoms with E-state index in [0.29, 0.717) is 17.6 Å². The molecule has 1 amide bonds. The van der Waals surface area contributed by atoms with Crippen LogP contribution in [0.3, 0.4) is 0 Å². The molecule has 150 valence electrons. The first-order valence-electron chi connectivity index (χ1n) is 9.22. The van der Waals surface area contributed by atoms with Gasteiger partial charge in [0, 0.05) is 23.2 Å². The molecule has 7 heteroatoms. The summed E-state index contributed by atoms with van der Waals surface area (Å²) in [5.74, 6) is 0.820. The van der Waals surface area contributed by atoms with Crippen molar-refractivity contribution >= 4 is 24.0 Å². The second-order valence-corrected chi connectivity index (χ2v) is 7.46. The topological polar surface area (TPSA) is 41.1 Å². The molecule has 3 nitrogen and oxygen atoms in total. The quantitative estimate of drug-likeness (QED) is 0.684. The van der Waals surface area contributed by atoms with E-state index in [2.05, 4.69) is 10.6 Å². The van der Waals surface area contributed by atoms with E-state index in [0.717, 1.165) is 31.0 Å². The summed E-state index contributed by atoms with van der Waals surface area (Å²) < 4.78 is 38.3. The highest BCUT2D eigenvalue weighted by Gasteiger charge is 2.38. The lowest BCUT2D eigenvalue weighted by Gasteiger charge is -2.10. The Labute approximate surface area is 168 Å². The van der Waals surface area contributed by atoms with Crippen LogP contribution < -0.4 is 10.6 Å². The molecule has 2 aliphatic rings. The molecule has 0 heterocycles. The predicted molar refractivity (Wildman–Crippen MR) is 105 cm³/mol. The molecule has 0 saturated heterocycles. The van der Waals surface area contributed by atoms with Crippen molar-refractivity contribution in [3.05, 3.63) is 65.2 Å². The van der Waals surface area contributed by atoms with Gasteiger partial charge in [-0.25, -0.2) is 0 Å². The zero-order chi connectivity index (χ0) is 19.0. The van der Waals surface area contributed by atoms with Crippen LogP contribution >= 0.6 is 12.4 Å². The van der Waals surface area contributed by atoms with Crippen LogP contribution in [-0.2, 0) is 6.18 Å². The number of hydrogen-bond acceptors (Lipinski definition) is 2. The molecule has 2 aromatic rings. The molecule has 0 bridgehead atoms. The number of hydrogen-bond donors (Lipinski definition) is 2. The second-order valence-electron chi connectivity index (χ2n) is 7.46. The molecule has 4 rings (SSSR count). The fourth-order valence-electron chi connectivity index (χ4n) is 3.28. The van der Waals surface area contributed by atoms with Gasteiger partial charge in [0.25, 0.3) is 5.91 Å². The van der Waals surface area contributed by atoms with E-state index in [4.69, 9.17) is 0 Å². The van der Waals surface area contributed by atoms with E-state index in [-0.39, 0.29) is 18.0 Å². The van der Waals surface area contributed by atoms with Gasteiger partial charge in [0.05, 0.1) is 5.56 Å². The Morgan fingerprint density at radius 3 is 2.43 bits per heavy atom. The lowest BCUT2D eigenvalue weighted by Crippen LogP contribution is -2.20. The van der Waals surface area contributed by atoms with E-state index in [1.54, 1.807) is 12.1 Å². The summed E-state index contributed by atoms with van der Waals surface area (Å²) in [6.07, 6.45) is -0.662. The third-order valence-corrected chi connectivity index (χ3v) is 5.20. The lowest BCUT2D eigenvalue weighted by molar-refractivity contribution is -0.137. The molecular weight excluding hydrogens is 389 g/mol. The number of anilines is 1. The Bertz CT molecular complexity index is 834. The van der Waals surface area contributed by atoms with Crippen LogP contribution in [0.15, 0.2) is 48.5 Å². The summed E-state index contributed by atoms with van der Waals surface area (Å²) in [5.41, 5.74) is 0.953. The van der Waals surface area contributed by atoms with E-state index in [9.17, 15) is 18.0 Å². The summed E-state index contributed by atoms with van der Waals surface area (Å²) in [4.78, 5) is 12.2. The Morgan fingerprint density at radius 2 is 1.79 bits per heavy atom. The Balaban J connectivity index is 0.00000225. The van der Waals surface area contributed by atoms with E-state index in [1.165, 1.54) is 30.5 Å². The Kier molecular flexibility index (Phi) is 6.01. The number of amides is 1. The fourth-order valence-corrected chi connectivity index (χ4v) is 3.28. The summed E-state index contributed by atoms with van der Waals surface area (Å²) in [6.45, 7) is 1.10. The molecule has 0 spiro atoms. The molecule has 0 aromatic heterocycles. The number of alkyl halides is 3. The van der Waals surface area contributed by atoms with E-state index >= 15 is 0 Å². The average Bonchev–Trinajstić information content (AvgIpc) is 3.54. The minimum atomic E-state index is -4.47. The summed E-state index contributed by atoms with van der Waals surface area (Å²) >= 11 is 0. The number of carbonyl (C=O) groups excluding carboxylic acids is 1. The minimum Gasteiger partial charge on any atom is -0.322 e. The SMILES string of the molecule is Cl.O=C(Nc1ccc([C@@H]2C[C@H]2NCC2CC2)cc1)c1cccc(C(F)(F)F)c1. The molecule has 2 aliphatic carbocycles. The van der Waals surface area contributed by atoms with Crippen molar-refractivity contribution in [1.82, 2.24) is 5.32 Å². The van der Waals surface area contributed by atoms with Crippen molar-refractivity contribution in [2.45, 2.75) is 37.4 Å². The number of nitrogens with one attached hydrogen (secondary N) is 2. The molecule has 2 fully saturated rings. The van der Waals surface area contributed by atoms with Crippen molar-refractivity contribution in [2.24, 2.45) is 5.92 Å². The Hall–Kier alpha value is -2.05. The highest BCUT2D eigenvalue weighted by molar-refractivity contribution is 6.04. The number of halogens is 4. The highest BCUT2D eigenvalue weighted by atomic mass is 35.5. The van der Waals surface area contributed by atoms with Crippen molar-refractivity contribution < 1.29 is 18.0 Å². The van der Waals surface area contributed by atoms with Crippen molar-refractivity contribution in [1.29, 1.82) is 0 Å². The second kappa shape index (κ2) is 8.13. The van der Waals surface area contributed by atoms with Gasteiger partial charge in [-0.2, -0.15) is 13.2 Å². The van der Waals surface area contributed by atoms with Crippen LogP contribution in [0.5, 0.6) is 0 Å². The largest absolute Gasteiger partial charge is 0.416 e. The molecule has 2 N–H and O–H groups in total. The third kappa shape index (κ3) is 5.06. The van der Waals surface area contributed by atoms with Gasteiger partial charge >= 0.3 is 6.18 Å². The van der Waals surface area contributed by atoms with Crippen molar-refractivity contribution in [2.75, 3.05) is 11.9 Å². The van der Waals surface area contributed by atoms with Gasteiger partial charge in [0.1, 0.15) is 0 Å². The molecule has 28 heavy (non-hydrogen) atoms. The molecule has 0 radical (unpaired) electrons. The molecule has 2 atom stereocenters. The molecular formula is C21H22ClF3N2O. The van der Waals surface area contributed by atoms with Gasteiger partial charge in [0.15, 0.2) is 0 Å². The van der Waals surface area contributed by atoms with Gasteiger partial charge in [-0.3, -0.25) is 4.79 Å². The molecule has 0 aliphatic heterocycles. The van der Waals surface area contributed by atoms with Gasteiger partial charge < -0.3 is 10.6 Å². The van der Waals surface area contributed by atoms with Gasteiger partial charge in [-0.15, -0.1) is 12.4 Å². The highest BCUT2D eigenvalue weighted by Crippen LogP contribution is 2.42. The maximum absolute atomic E-state index is 12.8. The monoisotopic (exact) mass is 410 g/mol. The number of carbonyl (C=O) groups is 1. The van der Waals surface area contributed by atoms with Crippen LogP contribution in [0.4, 0.5) is 18.9 Å². The van der Waals surface area contributed by atoms with E-state index in [1.807, 2.05) is 12.1 Å². The first-order chi connectivity index (χ1) is 12.9. The summed E-state index contributed by atoms with van der Waals surface area (Å²) in [5, 5.41) is 6.25. The molecule has 2 saturated carbocycles. The Morgan fingerprint density at radius 1 is 1.07 bits per heavy atom. The summed E-state index contributed by atoms with van der Waals surface area (Å²) in [6, 6.07) is 12.5. The van der Waals surface area contributed by atoms with Gasteiger partial charge in [0.2, 0.25) is 0 Å². The first kappa shape index (κ1) is 20.7. The minimum absolute atomic E-state index is 0. The van der Waals surface area contributed by atoms with Crippen LogP contribution in [-0.4, -0.2) is 18.5 Å². The van der Waals surface area contributed by atoms with Gasteiger partial charge in [-0.05, 0) is 67.6 Å². The average molecular weight is 411 g/mol. The van der Waals surface area contributed by atoms with Crippen LogP contribution in [0, 0.1) is 5.92 Å². The van der Waals surface area contributed by atoms with Crippen LogP contribution in [0.2, 0.25) is 0 Å². The normalized spacial score (nSPS) is 21.0. The van der Waals surface area contributed by atoms with Crippen LogP contribution in [0.1, 0.15) is 46.7 Å². The third-order valence-electron chi connectivity index (χ3n) is 5.20. The lowest BCUT2D eigenvalue weighted by atomic mass is 10.1. The van der Waals surface area contributed by atoms with E-state index < -0.39 is 17.6 Å². The summed E-state index contributed by atoms with van der Waals surface area (Å²) in [7, 11) is 0. The smallest absolute Gasteiger partial charge is 0.322 e. The maximum atomic E-state index is 12.8. The number of rotatable bonds is 6. The number of benzene rings is 2. The predicted octanol–water partition coefficient (Wildman–Crippen LogP) is 5.24.